The zero-order valence-corrected chi connectivity index (χ0v) is 32.6. The maximum atomic E-state index is 13.4. The van der Waals surface area contributed by atoms with Crippen molar-refractivity contribution >= 4 is 18.1 Å². The van der Waals surface area contributed by atoms with E-state index in [1.807, 2.05) is 0 Å². The van der Waals surface area contributed by atoms with Crippen LogP contribution in [0.25, 0.3) is 0 Å². The Hall–Kier alpha value is -2.07. The molecule has 5 aliphatic carbocycles. The summed E-state index contributed by atoms with van der Waals surface area (Å²) in [5.74, 6) is 1.70. The first-order valence-corrected chi connectivity index (χ1v) is 20.5. The largest absolute Gasteiger partial charge is 0.446 e. The van der Waals surface area contributed by atoms with E-state index in [9.17, 15) is 19.5 Å². The first-order valence-electron chi connectivity index (χ1n) is 20.5. The summed E-state index contributed by atoms with van der Waals surface area (Å²) < 4.78 is 19.6. The Morgan fingerprint density at radius 2 is 1.45 bits per heavy atom. The van der Waals surface area contributed by atoms with Crippen LogP contribution in [0.4, 0.5) is 9.59 Å². The molecule has 0 bridgehead atoms. The molecule has 2 spiro atoms. The van der Waals surface area contributed by atoms with E-state index in [2.05, 4.69) is 48.5 Å². The number of likely N-dealkylation sites (tertiary alicyclic amines) is 1. The molecule has 5 saturated carbocycles. The first kappa shape index (κ1) is 35.9. The summed E-state index contributed by atoms with van der Waals surface area (Å²) in [6.45, 7) is 21.5. The van der Waals surface area contributed by atoms with Crippen molar-refractivity contribution in [3.05, 3.63) is 0 Å². The Morgan fingerprint density at radius 3 is 2.08 bits per heavy atom. The summed E-state index contributed by atoms with van der Waals surface area (Å²) in [5.41, 5.74) is -0.00280. The number of aliphatic hydroxyl groups excluding tert-OH is 1. The van der Waals surface area contributed by atoms with E-state index in [0.717, 1.165) is 58.0 Å². The predicted octanol–water partition coefficient (Wildman–Crippen LogP) is 6.34. The summed E-state index contributed by atoms with van der Waals surface area (Å²) in [6, 6.07) is 0. The van der Waals surface area contributed by atoms with E-state index in [0.29, 0.717) is 43.9 Å². The highest BCUT2D eigenvalue weighted by Crippen LogP contribution is 2.89. The standard InChI is InChI=1S/C41H65N3O7/c1-24(2)32(51-36(48)43-16-9-17-43)27-22-25(3)31-33(49-27)34(46)39(8)29-11-10-28-37(5,6)30(50-35(47)44-20-18-42(19-21-44)26(4)45)12-13-40(28)23-41(29,40)15-14-38(31,39)7/h24-25,27-34,46H,9-23H2,1-8H3/t25-,27?,28+,29?,30?,31+,32?,33?,34+,38?,39-,40?,41?/m1/s1. The Bertz CT molecular complexity index is 1430. The Kier molecular flexibility index (Phi) is 8.43. The second-order valence-corrected chi connectivity index (χ2v) is 19.9. The zero-order valence-electron chi connectivity index (χ0n) is 32.6. The molecule has 8 aliphatic rings. The van der Waals surface area contributed by atoms with Gasteiger partial charge < -0.3 is 34.0 Å². The highest BCUT2D eigenvalue weighted by molar-refractivity contribution is 5.74. The van der Waals surface area contributed by atoms with Gasteiger partial charge in [0.15, 0.2) is 0 Å². The van der Waals surface area contributed by atoms with Crippen molar-refractivity contribution in [2.45, 2.75) is 144 Å². The fourth-order valence-corrected chi connectivity index (χ4v) is 14.5. The monoisotopic (exact) mass is 711 g/mol. The molecule has 8 unspecified atom stereocenters. The fraction of sp³-hybridized carbons (Fsp3) is 0.927. The lowest BCUT2D eigenvalue weighted by atomic mass is 9.41. The minimum Gasteiger partial charge on any atom is -0.446 e. The van der Waals surface area contributed by atoms with Crippen LogP contribution in [-0.4, -0.2) is 108 Å². The number of aliphatic hydroxyl groups is 1. The van der Waals surface area contributed by atoms with Gasteiger partial charge in [-0.2, -0.15) is 0 Å². The molecule has 3 aliphatic heterocycles. The molecule has 0 aromatic rings. The van der Waals surface area contributed by atoms with Gasteiger partial charge in [0.25, 0.3) is 0 Å². The van der Waals surface area contributed by atoms with E-state index in [-0.39, 0.29) is 81.4 Å². The van der Waals surface area contributed by atoms with Gasteiger partial charge in [0.05, 0.1) is 18.3 Å². The zero-order chi connectivity index (χ0) is 36.5. The molecule has 0 aromatic carbocycles. The van der Waals surface area contributed by atoms with Gasteiger partial charge in [-0.3, -0.25) is 4.79 Å². The Labute approximate surface area is 305 Å². The summed E-state index contributed by atoms with van der Waals surface area (Å²) in [6.07, 6.45) is 7.60. The first-order chi connectivity index (χ1) is 24.0. The van der Waals surface area contributed by atoms with Gasteiger partial charge in [-0.15, -0.1) is 0 Å². The van der Waals surface area contributed by atoms with Crippen molar-refractivity contribution in [1.29, 1.82) is 0 Å². The third kappa shape index (κ3) is 4.88. The van der Waals surface area contributed by atoms with Crippen LogP contribution in [0.15, 0.2) is 0 Å². The van der Waals surface area contributed by atoms with Crippen molar-refractivity contribution < 1.29 is 33.7 Å². The van der Waals surface area contributed by atoms with Crippen LogP contribution in [0.3, 0.4) is 0 Å². The molecule has 3 amide bonds. The van der Waals surface area contributed by atoms with Crippen LogP contribution in [0.2, 0.25) is 0 Å². The summed E-state index contributed by atoms with van der Waals surface area (Å²) >= 11 is 0. The maximum absolute atomic E-state index is 13.4. The van der Waals surface area contributed by atoms with Gasteiger partial charge in [0.1, 0.15) is 12.2 Å². The lowest BCUT2D eigenvalue weighted by Crippen LogP contribution is -2.60. The summed E-state index contributed by atoms with van der Waals surface area (Å²) in [7, 11) is 0. The van der Waals surface area contributed by atoms with Crippen molar-refractivity contribution in [2.24, 2.45) is 56.7 Å². The highest BCUT2D eigenvalue weighted by atomic mass is 16.6. The maximum Gasteiger partial charge on any atom is 0.410 e. The molecule has 8 fully saturated rings. The van der Waals surface area contributed by atoms with Crippen LogP contribution in [-0.2, 0) is 19.0 Å². The lowest BCUT2D eigenvalue weighted by Gasteiger charge is -2.63. The molecule has 1 N–H and O–H groups in total. The molecule has 10 heteroatoms. The van der Waals surface area contributed by atoms with Crippen molar-refractivity contribution in [1.82, 2.24) is 14.7 Å². The van der Waals surface area contributed by atoms with Crippen LogP contribution in [0.1, 0.15) is 113 Å². The number of fused-ring (bicyclic) bond motifs is 4. The SMILES string of the molecule is CC(=O)N1CCN(C(=O)OC2CCC34CC35CCC3(C)[C@@H]6C(OC(C(OC(=O)N7CCC7)C(C)C)C[C@H]6C)[C@H](O)[C@@]3(C)C5CC[C@H]4C2(C)C)CC1. The predicted molar refractivity (Wildman–Crippen MR) is 191 cm³/mol. The highest BCUT2D eigenvalue weighted by Gasteiger charge is 2.84. The number of amides is 3. The molecule has 0 radical (unpaired) electrons. The second kappa shape index (κ2) is 12.0. The number of hydrogen-bond acceptors (Lipinski definition) is 7. The van der Waals surface area contributed by atoms with Gasteiger partial charge in [-0.1, -0.05) is 48.5 Å². The number of carbonyl (C=O) groups is 3. The normalized spacial score (nSPS) is 47.1. The topological polar surface area (TPSA) is 109 Å². The van der Waals surface area contributed by atoms with E-state index >= 15 is 0 Å². The van der Waals surface area contributed by atoms with Crippen LogP contribution >= 0.6 is 0 Å². The smallest absolute Gasteiger partial charge is 0.410 e. The molecule has 8 rings (SSSR count). The quantitative estimate of drug-likeness (QED) is 0.363. The summed E-state index contributed by atoms with van der Waals surface area (Å²) in [5, 5.41) is 12.7. The molecule has 51 heavy (non-hydrogen) atoms. The molecule has 3 heterocycles. The third-order valence-corrected chi connectivity index (χ3v) is 17.4. The van der Waals surface area contributed by atoms with Gasteiger partial charge in [0, 0.05) is 57.0 Å². The number of nitrogens with zero attached hydrogens (tertiary/aromatic N) is 3. The number of piperazine rings is 1. The molecule has 10 nitrogen and oxygen atoms in total. The molecule has 13 atom stereocenters. The second-order valence-electron chi connectivity index (χ2n) is 19.9. The fourth-order valence-electron chi connectivity index (χ4n) is 14.5. The number of hydrogen-bond donors (Lipinski definition) is 1. The van der Waals surface area contributed by atoms with Crippen LogP contribution in [0, 0.1) is 56.7 Å². The molecular weight excluding hydrogens is 646 g/mol. The van der Waals surface area contributed by atoms with Gasteiger partial charge >= 0.3 is 12.2 Å². The molecular formula is C41H65N3O7. The third-order valence-electron chi connectivity index (χ3n) is 17.4. The minimum atomic E-state index is -0.568. The van der Waals surface area contributed by atoms with Crippen LogP contribution in [0.5, 0.6) is 0 Å². The molecule has 3 saturated heterocycles. The van der Waals surface area contributed by atoms with Crippen molar-refractivity contribution in [2.75, 3.05) is 39.3 Å². The Morgan fingerprint density at radius 1 is 0.824 bits per heavy atom. The number of rotatable bonds is 4. The summed E-state index contributed by atoms with van der Waals surface area (Å²) in [4.78, 5) is 43.6. The van der Waals surface area contributed by atoms with E-state index < -0.39 is 6.10 Å². The number of carbonyl (C=O) groups excluding carboxylic acids is 3. The van der Waals surface area contributed by atoms with Gasteiger partial charge in [0.2, 0.25) is 5.91 Å². The van der Waals surface area contributed by atoms with Crippen molar-refractivity contribution in [3.63, 3.8) is 0 Å². The number of ether oxygens (including phenoxy) is 3. The molecule has 0 aromatic heterocycles. The molecule has 286 valence electrons. The average molecular weight is 712 g/mol. The Balaban J connectivity index is 0.996. The van der Waals surface area contributed by atoms with E-state index in [1.165, 1.54) is 12.8 Å². The van der Waals surface area contributed by atoms with Crippen LogP contribution < -0.4 is 0 Å². The average Bonchev–Trinajstić information content (AvgIpc) is 3.68. The van der Waals surface area contributed by atoms with E-state index in [1.54, 1.807) is 21.6 Å². The van der Waals surface area contributed by atoms with Gasteiger partial charge in [-0.05, 0) is 104 Å². The van der Waals surface area contributed by atoms with Gasteiger partial charge in [-0.25, -0.2) is 9.59 Å². The lowest BCUT2D eigenvalue weighted by molar-refractivity contribution is -0.185. The van der Waals surface area contributed by atoms with E-state index in [4.69, 9.17) is 14.2 Å². The minimum absolute atomic E-state index is 0.0374. The van der Waals surface area contributed by atoms with Crippen molar-refractivity contribution in [3.8, 4) is 0 Å².